The van der Waals surface area contributed by atoms with Gasteiger partial charge in [-0.05, 0) is 0 Å². The van der Waals surface area contributed by atoms with E-state index >= 15 is 0 Å². The van der Waals surface area contributed by atoms with Gasteiger partial charge in [-0.2, -0.15) is 0 Å². The van der Waals surface area contributed by atoms with E-state index in [1.807, 2.05) is 0 Å². The van der Waals surface area contributed by atoms with Gasteiger partial charge in [0.05, 0.1) is 5.75 Å². The second-order valence-corrected chi connectivity index (χ2v) is 5.77. The van der Waals surface area contributed by atoms with Gasteiger partial charge in [-0.3, -0.25) is 0 Å². The van der Waals surface area contributed by atoms with Gasteiger partial charge in [0.15, 0.2) is 9.84 Å². The molecule has 14 heavy (non-hydrogen) atoms. The van der Waals surface area contributed by atoms with Gasteiger partial charge in [0.2, 0.25) is 0 Å². The quantitative estimate of drug-likeness (QED) is 0.759. The van der Waals surface area contributed by atoms with Crippen molar-refractivity contribution in [2.75, 3.05) is 12.3 Å². The van der Waals surface area contributed by atoms with Crippen molar-refractivity contribution in [3.8, 4) is 0 Å². The molecule has 2 aliphatic rings. The van der Waals surface area contributed by atoms with Gasteiger partial charge in [0.1, 0.15) is 0 Å². The van der Waals surface area contributed by atoms with Gasteiger partial charge in [-0.25, -0.2) is 17.2 Å². The summed E-state index contributed by atoms with van der Waals surface area (Å²) in [4.78, 5) is 0. The minimum Gasteiger partial charge on any atom is -0.309 e. The predicted octanol–water partition coefficient (Wildman–Crippen LogP) is 0.542. The van der Waals surface area contributed by atoms with E-state index in [1.165, 1.54) is 6.08 Å². The maximum absolute atomic E-state index is 12.4. The molecule has 0 aromatic rings. The first kappa shape index (κ1) is 10.0. The fraction of sp³-hybridized carbons (Fsp3) is 0.750. The van der Waals surface area contributed by atoms with Crippen LogP contribution in [0.15, 0.2) is 11.5 Å². The van der Waals surface area contributed by atoms with Crippen LogP contribution in [0.2, 0.25) is 0 Å². The third-order valence-electron chi connectivity index (χ3n) is 2.51. The molecule has 80 valence electrons. The van der Waals surface area contributed by atoms with E-state index in [-0.39, 0.29) is 24.8 Å². The highest BCUT2D eigenvalue weighted by Crippen LogP contribution is 2.48. The Balaban J connectivity index is 1.77. The van der Waals surface area contributed by atoms with Crippen LogP contribution in [0.5, 0.6) is 0 Å². The molecule has 0 radical (unpaired) electrons. The van der Waals surface area contributed by atoms with Gasteiger partial charge in [-0.1, -0.05) is 6.08 Å². The van der Waals surface area contributed by atoms with E-state index < -0.39 is 21.7 Å². The largest absolute Gasteiger partial charge is 0.309 e. The number of halogens is 2. The van der Waals surface area contributed by atoms with Crippen LogP contribution in [-0.4, -0.2) is 32.7 Å². The molecule has 0 aromatic carbocycles. The van der Waals surface area contributed by atoms with Crippen molar-refractivity contribution in [2.24, 2.45) is 5.92 Å². The molecule has 1 heterocycles. The fourth-order valence-electron chi connectivity index (χ4n) is 1.49. The second kappa shape index (κ2) is 3.00. The Kier molecular flexibility index (Phi) is 2.15. The third-order valence-corrected chi connectivity index (χ3v) is 3.91. The molecule has 0 amide bonds. The highest BCUT2D eigenvalue weighted by atomic mass is 32.2. The first-order valence-electron chi connectivity index (χ1n) is 4.41. The molecular formula is C8H11F2NO2S. The SMILES string of the molecule is O=S1(=O)C=CC(NCC2CC2(F)F)C1. The summed E-state index contributed by atoms with van der Waals surface area (Å²) in [6.45, 7) is 0.192. The van der Waals surface area contributed by atoms with Gasteiger partial charge in [0.25, 0.3) is 5.92 Å². The number of sulfone groups is 1. The van der Waals surface area contributed by atoms with E-state index in [1.54, 1.807) is 0 Å². The summed E-state index contributed by atoms with van der Waals surface area (Å²) in [5, 5.41) is 3.94. The van der Waals surface area contributed by atoms with Crippen LogP contribution in [0, 0.1) is 5.92 Å². The molecule has 1 saturated carbocycles. The molecule has 3 nitrogen and oxygen atoms in total. The molecule has 0 saturated heterocycles. The standard InChI is InChI=1S/C8H11F2NO2S/c9-8(10)3-6(8)4-11-7-1-2-14(12,13)5-7/h1-2,6-7,11H,3-5H2. The minimum atomic E-state index is -3.08. The lowest BCUT2D eigenvalue weighted by Gasteiger charge is -2.08. The number of hydrogen-bond donors (Lipinski definition) is 1. The fourth-order valence-corrected chi connectivity index (χ4v) is 2.76. The summed E-state index contributed by atoms with van der Waals surface area (Å²) in [6.07, 6.45) is 1.43. The van der Waals surface area contributed by atoms with Crippen molar-refractivity contribution >= 4 is 9.84 Å². The van der Waals surface area contributed by atoms with Gasteiger partial charge in [0, 0.05) is 30.3 Å². The topological polar surface area (TPSA) is 46.2 Å². The van der Waals surface area contributed by atoms with Crippen molar-refractivity contribution in [1.29, 1.82) is 0 Å². The van der Waals surface area contributed by atoms with Crippen molar-refractivity contribution in [1.82, 2.24) is 5.32 Å². The molecule has 1 aliphatic carbocycles. The Hall–Kier alpha value is -0.490. The van der Waals surface area contributed by atoms with Crippen LogP contribution in [0.3, 0.4) is 0 Å². The molecule has 6 heteroatoms. The van der Waals surface area contributed by atoms with Crippen LogP contribution < -0.4 is 5.32 Å². The molecular weight excluding hydrogens is 212 g/mol. The molecule has 2 rings (SSSR count). The monoisotopic (exact) mass is 223 g/mol. The molecule has 1 N–H and O–H groups in total. The van der Waals surface area contributed by atoms with Crippen LogP contribution >= 0.6 is 0 Å². The maximum atomic E-state index is 12.4. The van der Waals surface area contributed by atoms with E-state index in [9.17, 15) is 17.2 Å². The molecule has 0 spiro atoms. The normalized spacial score (nSPS) is 37.3. The number of nitrogens with one attached hydrogen (secondary N) is 1. The van der Waals surface area contributed by atoms with E-state index in [0.717, 1.165) is 5.41 Å². The molecule has 2 unspecified atom stereocenters. The predicted molar refractivity (Wildman–Crippen MR) is 47.8 cm³/mol. The Morgan fingerprint density at radius 1 is 1.50 bits per heavy atom. The maximum Gasteiger partial charge on any atom is 0.252 e. The van der Waals surface area contributed by atoms with E-state index in [2.05, 4.69) is 5.32 Å². The highest BCUT2D eigenvalue weighted by molar-refractivity contribution is 7.94. The summed E-state index contributed by atoms with van der Waals surface area (Å²) in [6, 6.07) is -0.295. The van der Waals surface area contributed by atoms with Crippen LogP contribution in [-0.2, 0) is 9.84 Å². The Morgan fingerprint density at radius 2 is 2.14 bits per heavy atom. The molecule has 1 aliphatic heterocycles. The zero-order chi connectivity index (χ0) is 10.4. The van der Waals surface area contributed by atoms with Gasteiger partial charge >= 0.3 is 0 Å². The molecule has 1 fully saturated rings. The first-order chi connectivity index (χ1) is 6.39. The number of rotatable bonds is 3. The Morgan fingerprint density at radius 3 is 2.57 bits per heavy atom. The molecule has 0 bridgehead atoms. The highest BCUT2D eigenvalue weighted by Gasteiger charge is 2.56. The minimum absolute atomic E-state index is 0.00864. The second-order valence-electron chi connectivity index (χ2n) is 3.83. The summed E-state index contributed by atoms with van der Waals surface area (Å²) in [5.74, 6) is -3.15. The molecule has 2 atom stereocenters. The zero-order valence-electron chi connectivity index (χ0n) is 7.41. The lowest BCUT2D eigenvalue weighted by Crippen LogP contribution is -2.32. The van der Waals surface area contributed by atoms with Crippen molar-refractivity contribution in [3.63, 3.8) is 0 Å². The smallest absolute Gasteiger partial charge is 0.252 e. The average molecular weight is 223 g/mol. The average Bonchev–Trinajstić information content (AvgIpc) is 2.48. The summed E-state index contributed by atoms with van der Waals surface area (Å²) >= 11 is 0. The van der Waals surface area contributed by atoms with E-state index in [4.69, 9.17) is 0 Å². The van der Waals surface area contributed by atoms with Gasteiger partial charge in [-0.15, -0.1) is 0 Å². The van der Waals surface area contributed by atoms with Crippen molar-refractivity contribution < 1.29 is 17.2 Å². The van der Waals surface area contributed by atoms with Crippen molar-refractivity contribution in [2.45, 2.75) is 18.4 Å². The Bertz CT molecular complexity index is 364. The Labute approximate surface area is 81.1 Å². The summed E-state index contributed by atoms with van der Waals surface area (Å²) in [5.41, 5.74) is 0. The van der Waals surface area contributed by atoms with Crippen molar-refractivity contribution in [3.05, 3.63) is 11.5 Å². The van der Waals surface area contributed by atoms with E-state index in [0.29, 0.717) is 0 Å². The lowest BCUT2D eigenvalue weighted by atomic mass is 10.3. The summed E-state index contributed by atoms with van der Waals surface area (Å²) in [7, 11) is -3.08. The number of alkyl halides is 2. The lowest BCUT2D eigenvalue weighted by molar-refractivity contribution is 0.0985. The van der Waals surface area contributed by atoms with Crippen LogP contribution in [0.25, 0.3) is 0 Å². The summed E-state index contributed by atoms with van der Waals surface area (Å²) < 4.78 is 46.8. The number of hydrogen-bond acceptors (Lipinski definition) is 3. The first-order valence-corrected chi connectivity index (χ1v) is 6.13. The van der Waals surface area contributed by atoms with Crippen LogP contribution in [0.4, 0.5) is 8.78 Å². The third kappa shape index (κ3) is 2.12. The molecule has 0 aromatic heterocycles. The zero-order valence-corrected chi connectivity index (χ0v) is 8.23. The van der Waals surface area contributed by atoms with Gasteiger partial charge < -0.3 is 5.32 Å². The van der Waals surface area contributed by atoms with Crippen LogP contribution in [0.1, 0.15) is 6.42 Å².